The summed E-state index contributed by atoms with van der Waals surface area (Å²) >= 11 is 0. The van der Waals surface area contributed by atoms with Crippen LogP contribution in [0.3, 0.4) is 0 Å². The molecule has 1 heterocycles. The van der Waals surface area contributed by atoms with Crippen molar-refractivity contribution in [2.45, 2.75) is 44.8 Å². The Labute approximate surface area is 120 Å². The van der Waals surface area contributed by atoms with Crippen molar-refractivity contribution < 1.29 is 14.6 Å². The van der Waals surface area contributed by atoms with E-state index in [4.69, 9.17) is 9.84 Å². The van der Waals surface area contributed by atoms with Crippen LogP contribution >= 0.6 is 0 Å². The minimum absolute atomic E-state index is 0.00224. The molecule has 1 aromatic carbocycles. The van der Waals surface area contributed by atoms with Crippen molar-refractivity contribution in [1.82, 2.24) is 5.32 Å². The average Bonchev–Trinajstić information content (AvgIpc) is 2.74. The lowest BCUT2D eigenvalue weighted by Crippen LogP contribution is -2.30. The number of carbonyl (C=O) groups is 1. The van der Waals surface area contributed by atoms with Crippen LogP contribution in [0.4, 0.5) is 0 Å². The van der Waals surface area contributed by atoms with Gasteiger partial charge in [0.1, 0.15) is 0 Å². The summed E-state index contributed by atoms with van der Waals surface area (Å²) in [7, 11) is 0. The van der Waals surface area contributed by atoms with E-state index in [0.29, 0.717) is 5.56 Å². The van der Waals surface area contributed by atoms with E-state index in [0.717, 1.165) is 37.9 Å². The maximum Gasteiger partial charge on any atom is 0.335 e. The molecular formula is C16H23NO3. The first-order valence-corrected chi connectivity index (χ1v) is 7.18. The van der Waals surface area contributed by atoms with Crippen LogP contribution in [0.25, 0.3) is 0 Å². The van der Waals surface area contributed by atoms with Crippen LogP contribution in [0.2, 0.25) is 0 Å². The Kier molecular flexibility index (Phi) is 4.78. The Bertz CT molecular complexity index is 471. The first-order valence-electron chi connectivity index (χ1n) is 7.18. The topological polar surface area (TPSA) is 58.6 Å². The molecule has 1 saturated heterocycles. The van der Waals surface area contributed by atoms with E-state index in [-0.39, 0.29) is 11.7 Å². The lowest BCUT2D eigenvalue weighted by atomic mass is 10.0. The highest BCUT2D eigenvalue weighted by atomic mass is 16.5. The van der Waals surface area contributed by atoms with Crippen molar-refractivity contribution >= 4 is 5.97 Å². The van der Waals surface area contributed by atoms with E-state index in [1.807, 2.05) is 12.1 Å². The maximum atomic E-state index is 11.1. The molecular weight excluding hydrogens is 254 g/mol. The second-order valence-electron chi connectivity index (χ2n) is 5.95. The number of nitrogens with one attached hydrogen (secondary N) is 1. The number of rotatable bonds is 6. The van der Waals surface area contributed by atoms with Gasteiger partial charge in [0.25, 0.3) is 0 Å². The minimum atomic E-state index is -0.860. The summed E-state index contributed by atoms with van der Waals surface area (Å²) in [4.78, 5) is 11.1. The van der Waals surface area contributed by atoms with Gasteiger partial charge in [-0.05, 0) is 51.3 Å². The first-order chi connectivity index (χ1) is 9.48. The lowest BCUT2D eigenvalue weighted by molar-refractivity contribution is -0.0140. The molecule has 1 aliphatic rings. The molecule has 0 radical (unpaired) electrons. The molecule has 0 saturated carbocycles. The number of hydrogen-bond donors (Lipinski definition) is 2. The van der Waals surface area contributed by atoms with Crippen LogP contribution in [-0.2, 0) is 11.2 Å². The largest absolute Gasteiger partial charge is 0.478 e. The van der Waals surface area contributed by atoms with Gasteiger partial charge in [-0.3, -0.25) is 0 Å². The summed E-state index contributed by atoms with van der Waals surface area (Å²) in [6.45, 7) is 5.84. The second-order valence-corrected chi connectivity index (χ2v) is 5.95. The number of carboxylic acid groups (broad SMARTS) is 1. The zero-order valence-corrected chi connectivity index (χ0v) is 12.2. The van der Waals surface area contributed by atoms with Gasteiger partial charge in [-0.25, -0.2) is 4.79 Å². The van der Waals surface area contributed by atoms with Gasteiger partial charge in [0.15, 0.2) is 0 Å². The molecule has 0 amide bonds. The van der Waals surface area contributed by atoms with E-state index in [2.05, 4.69) is 19.2 Å². The molecule has 0 aromatic heterocycles. The van der Waals surface area contributed by atoms with Crippen molar-refractivity contribution in [2.24, 2.45) is 0 Å². The van der Waals surface area contributed by atoms with Gasteiger partial charge < -0.3 is 15.2 Å². The molecule has 1 aliphatic heterocycles. The molecule has 4 heteroatoms. The molecule has 0 aliphatic carbocycles. The predicted molar refractivity (Wildman–Crippen MR) is 78.2 cm³/mol. The molecule has 2 N–H and O–H groups in total. The average molecular weight is 277 g/mol. The van der Waals surface area contributed by atoms with Gasteiger partial charge >= 0.3 is 5.97 Å². The van der Waals surface area contributed by atoms with Crippen molar-refractivity contribution in [1.29, 1.82) is 0 Å². The van der Waals surface area contributed by atoms with Gasteiger partial charge in [0, 0.05) is 6.54 Å². The fourth-order valence-electron chi connectivity index (χ4n) is 2.65. The molecule has 2 rings (SSSR count). The first kappa shape index (κ1) is 15.0. The van der Waals surface area contributed by atoms with Crippen LogP contribution in [0, 0.1) is 0 Å². The molecule has 110 valence electrons. The van der Waals surface area contributed by atoms with Crippen molar-refractivity contribution in [2.75, 3.05) is 13.1 Å². The van der Waals surface area contributed by atoms with Gasteiger partial charge in [-0.15, -0.1) is 0 Å². The maximum absolute atomic E-state index is 11.1. The molecule has 1 unspecified atom stereocenters. The summed E-state index contributed by atoms with van der Waals surface area (Å²) in [5.74, 6) is -0.860. The molecule has 20 heavy (non-hydrogen) atoms. The third-order valence-corrected chi connectivity index (χ3v) is 3.74. The fourth-order valence-corrected chi connectivity index (χ4v) is 2.65. The molecule has 0 spiro atoms. The predicted octanol–water partition coefficient (Wildman–Crippen LogP) is 2.47. The van der Waals surface area contributed by atoms with Crippen LogP contribution < -0.4 is 5.32 Å². The lowest BCUT2D eigenvalue weighted by Gasteiger charge is -2.19. The van der Waals surface area contributed by atoms with Crippen molar-refractivity contribution in [3.8, 4) is 0 Å². The minimum Gasteiger partial charge on any atom is -0.478 e. The van der Waals surface area contributed by atoms with Crippen LogP contribution in [-0.4, -0.2) is 35.9 Å². The van der Waals surface area contributed by atoms with E-state index >= 15 is 0 Å². The number of carboxylic acids is 1. The Hall–Kier alpha value is -1.39. The van der Waals surface area contributed by atoms with Gasteiger partial charge in [0.2, 0.25) is 0 Å². The third kappa shape index (κ3) is 4.05. The zero-order chi connectivity index (χ0) is 14.6. The highest BCUT2D eigenvalue weighted by Crippen LogP contribution is 2.28. The Balaban J connectivity index is 1.75. The number of hydrogen-bond acceptors (Lipinski definition) is 3. The summed E-state index contributed by atoms with van der Waals surface area (Å²) in [6.07, 6.45) is 3.19. The van der Waals surface area contributed by atoms with Crippen LogP contribution in [0.5, 0.6) is 0 Å². The number of ether oxygens (including phenoxy) is 1. The van der Waals surface area contributed by atoms with E-state index < -0.39 is 5.97 Å². The zero-order valence-electron chi connectivity index (χ0n) is 12.2. The molecule has 4 nitrogen and oxygen atoms in total. The quantitative estimate of drug-likeness (QED) is 0.784. The smallest absolute Gasteiger partial charge is 0.335 e. The highest BCUT2D eigenvalue weighted by Gasteiger charge is 2.30. The summed E-state index contributed by atoms with van der Waals surface area (Å²) in [6, 6.07) is 7.17. The third-order valence-electron chi connectivity index (χ3n) is 3.74. The Morgan fingerprint density at radius 2 is 2.20 bits per heavy atom. The number of benzene rings is 1. The monoisotopic (exact) mass is 277 g/mol. The Morgan fingerprint density at radius 3 is 2.85 bits per heavy atom. The molecule has 1 atom stereocenters. The highest BCUT2D eigenvalue weighted by molar-refractivity contribution is 5.89. The van der Waals surface area contributed by atoms with Gasteiger partial charge in [-0.1, -0.05) is 18.2 Å². The SMILES string of the molecule is CC1(C)CCC(CNCCc2ccccc2C(=O)O)O1. The van der Waals surface area contributed by atoms with Crippen molar-refractivity contribution in [3.05, 3.63) is 35.4 Å². The summed E-state index contributed by atoms with van der Waals surface area (Å²) in [5, 5.41) is 12.5. The standard InChI is InChI=1S/C16H23NO3/c1-16(2)9-7-13(20-16)11-17-10-8-12-5-3-4-6-14(12)15(18)19/h3-6,13,17H,7-11H2,1-2H3,(H,18,19). The summed E-state index contributed by atoms with van der Waals surface area (Å²) < 4.78 is 5.91. The molecule has 1 fully saturated rings. The van der Waals surface area contributed by atoms with Crippen molar-refractivity contribution in [3.63, 3.8) is 0 Å². The van der Waals surface area contributed by atoms with Crippen LogP contribution in [0.1, 0.15) is 42.6 Å². The van der Waals surface area contributed by atoms with Crippen LogP contribution in [0.15, 0.2) is 24.3 Å². The van der Waals surface area contributed by atoms with E-state index in [1.165, 1.54) is 0 Å². The Morgan fingerprint density at radius 1 is 1.45 bits per heavy atom. The summed E-state index contributed by atoms with van der Waals surface area (Å²) in [5.41, 5.74) is 1.27. The molecule has 1 aromatic rings. The van der Waals surface area contributed by atoms with Gasteiger partial charge in [0.05, 0.1) is 17.3 Å². The normalized spacial score (nSPS) is 21.0. The molecule has 0 bridgehead atoms. The van der Waals surface area contributed by atoms with E-state index in [9.17, 15) is 4.79 Å². The van der Waals surface area contributed by atoms with E-state index in [1.54, 1.807) is 12.1 Å². The van der Waals surface area contributed by atoms with Gasteiger partial charge in [-0.2, -0.15) is 0 Å². The fraction of sp³-hybridized carbons (Fsp3) is 0.562. The number of aromatic carboxylic acids is 1. The second kappa shape index (κ2) is 6.37.